The molecule has 1 aromatic heterocycles. The third-order valence-electron chi connectivity index (χ3n) is 5.10. The van der Waals surface area contributed by atoms with Gasteiger partial charge in [-0.25, -0.2) is 8.42 Å². The molecule has 0 bridgehead atoms. The van der Waals surface area contributed by atoms with Gasteiger partial charge in [-0.1, -0.05) is 31.9 Å². The lowest BCUT2D eigenvalue weighted by molar-refractivity contribution is 0.274. The average Bonchev–Trinajstić information content (AvgIpc) is 3.17. The van der Waals surface area contributed by atoms with Gasteiger partial charge >= 0.3 is 0 Å². The number of sulfonamides is 1. The number of unbranched alkanes of at least 4 members (excludes halogenated alkanes) is 2. The fourth-order valence-corrected chi connectivity index (χ4v) is 5.00. The maximum atomic E-state index is 12.9. The molecule has 1 fully saturated rings. The first-order valence-corrected chi connectivity index (χ1v) is 10.8. The highest BCUT2D eigenvalue weighted by molar-refractivity contribution is 7.89. The number of hydrogen-bond donors (Lipinski definition) is 0. The minimum absolute atomic E-state index is 0.405. The van der Waals surface area contributed by atoms with Crippen molar-refractivity contribution in [2.24, 2.45) is 0 Å². The summed E-state index contributed by atoms with van der Waals surface area (Å²) in [5.74, 6) is 0. The molecule has 2 aromatic rings. The van der Waals surface area contributed by atoms with Gasteiger partial charge < -0.3 is 4.57 Å². The van der Waals surface area contributed by atoms with E-state index >= 15 is 0 Å². The fraction of sp³-hybridized carbons (Fsp3) is 0.500. The zero-order chi connectivity index (χ0) is 17.7. The van der Waals surface area contributed by atoms with E-state index in [1.807, 2.05) is 24.3 Å². The van der Waals surface area contributed by atoms with Gasteiger partial charge in [0, 0.05) is 31.5 Å². The summed E-state index contributed by atoms with van der Waals surface area (Å²) < 4.78 is 29.6. The van der Waals surface area contributed by atoms with E-state index in [0.717, 1.165) is 25.7 Å². The first-order chi connectivity index (χ1) is 12.1. The molecule has 0 unspecified atom stereocenters. The van der Waals surface area contributed by atoms with E-state index in [2.05, 4.69) is 23.9 Å². The Kier molecular flexibility index (Phi) is 5.97. The van der Waals surface area contributed by atoms with Gasteiger partial charge in [0.05, 0.1) is 4.90 Å². The molecule has 1 aromatic carbocycles. The van der Waals surface area contributed by atoms with Crippen molar-refractivity contribution in [1.82, 2.24) is 8.87 Å². The molecule has 1 aliphatic heterocycles. The summed E-state index contributed by atoms with van der Waals surface area (Å²) in [6.45, 7) is 3.36. The summed E-state index contributed by atoms with van der Waals surface area (Å²) >= 11 is 0. The van der Waals surface area contributed by atoms with Crippen LogP contribution < -0.4 is 0 Å². The zero-order valence-corrected chi connectivity index (χ0v) is 15.8. The van der Waals surface area contributed by atoms with Crippen molar-refractivity contribution in [3.63, 3.8) is 0 Å². The molecule has 4 nitrogen and oxygen atoms in total. The third kappa shape index (κ3) is 4.33. The molecule has 136 valence electrons. The van der Waals surface area contributed by atoms with Crippen LogP contribution in [0.25, 0.3) is 0 Å². The molecule has 0 spiro atoms. The Hall–Kier alpha value is -1.59. The number of piperidine rings is 1. The van der Waals surface area contributed by atoms with Gasteiger partial charge in [-0.15, -0.1) is 0 Å². The lowest BCUT2D eigenvalue weighted by atomic mass is 10.1. The van der Waals surface area contributed by atoms with Gasteiger partial charge in [0.2, 0.25) is 10.0 Å². The lowest BCUT2D eigenvalue weighted by Crippen LogP contribution is -2.38. The highest BCUT2D eigenvalue weighted by Crippen LogP contribution is 2.27. The Balaban J connectivity index is 1.62. The molecule has 0 radical (unpaired) electrons. The molecule has 0 aliphatic carbocycles. The van der Waals surface area contributed by atoms with E-state index in [9.17, 15) is 8.42 Å². The molecule has 1 aliphatic rings. The number of benzene rings is 1. The Labute approximate surface area is 151 Å². The van der Waals surface area contributed by atoms with Crippen LogP contribution in [0.2, 0.25) is 0 Å². The molecular formula is C20H28N2O2S. The summed E-state index contributed by atoms with van der Waals surface area (Å²) in [5.41, 5.74) is 1.22. The molecular weight excluding hydrogens is 332 g/mol. The topological polar surface area (TPSA) is 42.3 Å². The van der Waals surface area contributed by atoms with E-state index in [1.165, 1.54) is 18.4 Å². The van der Waals surface area contributed by atoms with Crippen LogP contribution in [0.3, 0.4) is 0 Å². The standard InChI is InChI=1S/C20H28N2O2S/c1-2-3-4-7-18-8-10-20(11-9-18)25(23,24)22-16-12-19(13-17-22)21-14-5-6-15-21/h5-6,8-11,14-15,19H,2-4,7,12-13,16-17H2,1H3. The Morgan fingerprint density at radius 2 is 1.64 bits per heavy atom. The summed E-state index contributed by atoms with van der Waals surface area (Å²) in [5, 5.41) is 0. The smallest absolute Gasteiger partial charge is 0.243 e. The second kappa shape index (κ2) is 8.19. The van der Waals surface area contributed by atoms with Gasteiger partial charge in [0.1, 0.15) is 0 Å². The van der Waals surface area contributed by atoms with Gasteiger partial charge in [0.25, 0.3) is 0 Å². The SMILES string of the molecule is CCCCCc1ccc(S(=O)(=O)N2CCC(n3cccc3)CC2)cc1. The van der Waals surface area contributed by atoms with Crippen LogP contribution in [-0.2, 0) is 16.4 Å². The Morgan fingerprint density at radius 3 is 2.24 bits per heavy atom. The molecule has 25 heavy (non-hydrogen) atoms. The molecule has 0 saturated carbocycles. The summed E-state index contributed by atoms with van der Waals surface area (Å²) in [4.78, 5) is 0.422. The van der Waals surface area contributed by atoms with Crippen molar-refractivity contribution in [1.29, 1.82) is 0 Å². The third-order valence-corrected chi connectivity index (χ3v) is 7.02. The number of aromatic nitrogens is 1. The van der Waals surface area contributed by atoms with Crippen molar-refractivity contribution >= 4 is 10.0 Å². The van der Waals surface area contributed by atoms with Crippen molar-refractivity contribution in [2.45, 2.75) is 56.4 Å². The van der Waals surface area contributed by atoms with Crippen molar-refractivity contribution < 1.29 is 8.42 Å². The highest BCUT2D eigenvalue weighted by atomic mass is 32.2. The van der Waals surface area contributed by atoms with Crippen LogP contribution in [0.1, 0.15) is 50.6 Å². The van der Waals surface area contributed by atoms with E-state index in [4.69, 9.17) is 0 Å². The molecule has 0 atom stereocenters. The van der Waals surface area contributed by atoms with Crippen molar-refractivity contribution in [3.05, 3.63) is 54.4 Å². The number of nitrogens with zero attached hydrogens (tertiary/aromatic N) is 2. The number of hydrogen-bond acceptors (Lipinski definition) is 2. The molecule has 2 heterocycles. The maximum absolute atomic E-state index is 12.9. The maximum Gasteiger partial charge on any atom is 0.243 e. The molecule has 0 amide bonds. The van der Waals surface area contributed by atoms with E-state index in [-0.39, 0.29) is 0 Å². The summed E-state index contributed by atoms with van der Waals surface area (Å²) in [6, 6.07) is 11.9. The van der Waals surface area contributed by atoms with Crippen molar-refractivity contribution in [2.75, 3.05) is 13.1 Å². The van der Waals surface area contributed by atoms with Crippen molar-refractivity contribution in [3.8, 4) is 0 Å². The normalized spacial score (nSPS) is 17.0. The molecule has 1 saturated heterocycles. The van der Waals surface area contributed by atoms with Gasteiger partial charge in [-0.3, -0.25) is 0 Å². The first-order valence-electron chi connectivity index (χ1n) is 9.33. The largest absolute Gasteiger partial charge is 0.351 e. The summed E-state index contributed by atoms with van der Waals surface area (Å²) in [7, 11) is -3.37. The minimum Gasteiger partial charge on any atom is -0.351 e. The average molecular weight is 361 g/mol. The van der Waals surface area contributed by atoms with Crippen LogP contribution in [0.5, 0.6) is 0 Å². The van der Waals surface area contributed by atoms with E-state index in [0.29, 0.717) is 24.0 Å². The first kappa shape index (κ1) is 18.2. The van der Waals surface area contributed by atoms with Crippen LogP contribution in [0.4, 0.5) is 0 Å². The minimum atomic E-state index is -3.37. The molecule has 3 rings (SSSR count). The number of rotatable bonds is 7. The molecule has 0 N–H and O–H groups in total. The van der Waals surface area contributed by atoms with Crippen LogP contribution in [0.15, 0.2) is 53.7 Å². The second-order valence-corrected chi connectivity index (χ2v) is 8.80. The quantitative estimate of drug-likeness (QED) is 0.693. The monoisotopic (exact) mass is 360 g/mol. The van der Waals surface area contributed by atoms with Crippen LogP contribution >= 0.6 is 0 Å². The van der Waals surface area contributed by atoms with Crippen LogP contribution in [-0.4, -0.2) is 30.4 Å². The van der Waals surface area contributed by atoms with Gasteiger partial charge in [-0.2, -0.15) is 4.31 Å². The summed E-state index contributed by atoms with van der Waals surface area (Å²) in [6.07, 6.45) is 10.5. The Bertz CT molecular complexity index is 744. The lowest BCUT2D eigenvalue weighted by Gasteiger charge is -2.32. The second-order valence-electron chi connectivity index (χ2n) is 6.87. The fourth-order valence-electron chi connectivity index (χ4n) is 3.53. The van der Waals surface area contributed by atoms with Gasteiger partial charge in [-0.05, 0) is 55.5 Å². The predicted molar refractivity (Wildman–Crippen MR) is 101 cm³/mol. The zero-order valence-electron chi connectivity index (χ0n) is 15.0. The van der Waals surface area contributed by atoms with Crippen LogP contribution in [0, 0.1) is 0 Å². The number of aryl methyl sites for hydroxylation is 1. The van der Waals surface area contributed by atoms with Gasteiger partial charge in [0.15, 0.2) is 0 Å². The van der Waals surface area contributed by atoms with E-state index in [1.54, 1.807) is 16.4 Å². The Morgan fingerprint density at radius 1 is 1.00 bits per heavy atom. The highest BCUT2D eigenvalue weighted by Gasteiger charge is 2.29. The molecule has 5 heteroatoms. The van der Waals surface area contributed by atoms with E-state index < -0.39 is 10.0 Å². The predicted octanol–water partition coefficient (Wildman–Crippen LogP) is 4.25.